The molecular weight excluding hydrogens is 148 g/mol. The topological polar surface area (TPSA) is 15.3 Å². The Morgan fingerprint density at radius 2 is 2.00 bits per heavy atom. The van der Waals surface area contributed by atoms with Crippen LogP contribution in [-0.4, -0.2) is 30.7 Å². The average Bonchev–Trinajstić information content (AvgIpc) is 2.12. The maximum absolute atomic E-state index is 3.56. The van der Waals surface area contributed by atoms with Crippen molar-refractivity contribution in [3.63, 3.8) is 0 Å². The van der Waals surface area contributed by atoms with Crippen molar-refractivity contribution in [3.05, 3.63) is 0 Å². The van der Waals surface area contributed by atoms with Gasteiger partial charge in [-0.3, -0.25) is 4.90 Å². The fraction of sp³-hybridized carbons (Fsp3) is 1.00. The van der Waals surface area contributed by atoms with Crippen molar-refractivity contribution in [3.8, 4) is 0 Å². The van der Waals surface area contributed by atoms with E-state index in [2.05, 4.69) is 24.2 Å². The second-order valence-corrected chi connectivity index (χ2v) is 4.36. The van der Waals surface area contributed by atoms with Gasteiger partial charge < -0.3 is 5.32 Å². The predicted octanol–water partition coefficient (Wildman–Crippen LogP) is 1.43. The van der Waals surface area contributed by atoms with E-state index < -0.39 is 0 Å². The zero-order chi connectivity index (χ0) is 8.55. The van der Waals surface area contributed by atoms with Crippen molar-refractivity contribution in [1.29, 1.82) is 0 Å². The highest BCUT2D eigenvalue weighted by molar-refractivity contribution is 4.88. The standard InChI is InChI=1S/C10H20N2/c1-8-11-7-9-5-3-4-6-10(9)12(8)2/h8-11H,3-7H2,1-2H3. The molecule has 3 unspecified atom stereocenters. The van der Waals surface area contributed by atoms with E-state index in [1.807, 2.05) is 0 Å². The molecule has 2 aliphatic rings. The Morgan fingerprint density at radius 1 is 1.25 bits per heavy atom. The van der Waals surface area contributed by atoms with Crippen LogP contribution in [0.5, 0.6) is 0 Å². The van der Waals surface area contributed by atoms with E-state index in [9.17, 15) is 0 Å². The second-order valence-electron chi connectivity index (χ2n) is 4.36. The first-order valence-corrected chi connectivity index (χ1v) is 5.24. The SMILES string of the molecule is CC1NCC2CCCCC2N1C. The molecule has 2 nitrogen and oxygen atoms in total. The van der Waals surface area contributed by atoms with Crippen molar-refractivity contribution in [1.82, 2.24) is 10.2 Å². The Morgan fingerprint density at radius 3 is 2.83 bits per heavy atom. The van der Waals surface area contributed by atoms with Gasteiger partial charge in [0, 0.05) is 12.6 Å². The molecule has 0 bridgehead atoms. The van der Waals surface area contributed by atoms with Gasteiger partial charge in [0.05, 0.1) is 6.17 Å². The Hall–Kier alpha value is -0.0800. The van der Waals surface area contributed by atoms with Crippen LogP contribution in [0.15, 0.2) is 0 Å². The smallest absolute Gasteiger partial charge is 0.0568 e. The molecule has 70 valence electrons. The quantitative estimate of drug-likeness (QED) is 0.588. The van der Waals surface area contributed by atoms with Gasteiger partial charge in [0.25, 0.3) is 0 Å². The molecule has 1 saturated carbocycles. The molecule has 1 heterocycles. The molecule has 1 N–H and O–H groups in total. The molecule has 0 radical (unpaired) electrons. The number of hydrogen-bond donors (Lipinski definition) is 1. The van der Waals surface area contributed by atoms with Gasteiger partial charge in [-0.25, -0.2) is 0 Å². The maximum atomic E-state index is 3.56. The van der Waals surface area contributed by atoms with E-state index in [1.54, 1.807) is 0 Å². The molecule has 2 heteroatoms. The van der Waals surface area contributed by atoms with E-state index in [4.69, 9.17) is 0 Å². The Labute approximate surface area is 75.3 Å². The summed E-state index contributed by atoms with van der Waals surface area (Å²) < 4.78 is 0. The highest BCUT2D eigenvalue weighted by atomic mass is 15.3. The van der Waals surface area contributed by atoms with E-state index in [-0.39, 0.29) is 0 Å². The van der Waals surface area contributed by atoms with Gasteiger partial charge in [-0.2, -0.15) is 0 Å². The first-order valence-electron chi connectivity index (χ1n) is 5.24. The van der Waals surface area contributed by atoms with E-state index in [0.29, 0.717) is 6.17 Å². The molecule has 2 rings (SSSR count). The first-order chi connectivity index (χ1) is 5.79. The van der Waals surface area contributed by atoms with Crippen LogP contribution in [0.1, 0.15) is 32.6 Å². The Bertz CT molecular complexity index is 156. The summed E-state index contributed by atoms with van der Waals surface area (Å²) in [5.74, 6) is 0.931. The fourth-order valence-corrected chi connectivity index (χ4v) is 2.72. The Balaban J connectivity index is 2.03. The van der Waals surface area contributed by atoms with Crippen LogP contribution in [0.4, 0.5) is 0 Å². The van der Waals surface area contributed by atoms with Crippen LogP contribution in [0.3, 0.4) is 0 Å². The van der Waals surface area contributed by atoms with Crippen LogP contribution in [-0.2, 0) is 0 Å². The highest BCUT2D eigenvalue weighted by Gasteiger charge is 2.33. The van der Waals surface area contributed by atoms with Crippen LogP contribution in [0.25, 0.3) is 0 Å². The molecular formula is C10H20N2. The lowest BCUT2D eigenvalue weighted by Crippen LogP contribution is -2.58. The van der Waals surface area contributed by atoms with Gasteiger partial charge in [0.2, 0.25) is 0 Å². The van der Waals surface area contributed by atoms with Crippen molar-refractivity contribution in [2.45, 2.75) is 44.8 Å². The third-order valence-electron chi connectivity index (χ3n) is 3.68. The molecule has 0 spiro atoms. The number of rotatable bonds is 0. The van der Waals surface area contributed by atoms with Gasteiger partial charge >= 0.3 is 0 Å². The summed E-state index contributed by atoms with van der Waals surface area (Å²) in [6.07, 6.45) is 6.34. The zero-order valence-corrected chi connectivity index (χ0v) is 8.21. The third-order valence-corrected chi connectivity index (χ3v) is 3.68. The molecule has 0 amide bonds. The predicted molar refractivity (Wildman–Crippen MR) is 51.0 cm³/mol. The van der Waals surface area contributed by atoms with Crippen molar-refractivity contribution in [2.24, 2.45) is 5.92 Å². The second kappa shape index (κ2) is 3.35. The molecule has 0 aromatic heterocycles. The zero-order valence-electron chi connectivity index (χ0n) is 8.21. The highest BCUT2D eigenvalue weighted by Crippen LogP contribution is 2.30. The van der Waals surface area contributed by atoms with Gasteiger partial charge in [0.15, 0.2) is 0 Å². The molecule has 12 heavy (non-hydrogen) atoms. The van der Waals surface area contributed by atoms with E-state index in [1.165, 1.54) is 32.2 Å². The third kappa shape index (κ3) is 1.38. The molecule has 3 atom stereocenters. The summed E-state index contributed by atoms with van der Waals surface area (Å²) in [5.41, 5.74) is 0. The largest absolute Gasteiger partial charge is 0.302 e. The monoisotopic (exact) mass is 168 g/mol. The first kappa shape index (κ1) is 8.52. The van der Waals surface area contributed by atoms with Crippen molar-refractivity contribution < 1.29 is 0 Å². The number of fused-ring (bicyclic) bond motifs is 1. The minimum absolute atomic E-state index is 0.587. The molecule has 0 aromatic rings. The summed E-state index contributed by atoms with van der Waals surface area (Å²) in [6, 6.07) is 0.870. The molecule has 0 aromatic carbocycles. The summed E-state index contributed by atoms with van der Waals surface area (Å²) >= 11 is 0. The summed E-state index contributed by atoms with van der Waals surface area (Å²) in [7, 11) is 2.26. The van der Waals surface area contributed by atoms with Gasteiger partial charge in [-0.1, -0.05) is 12.8 Å². The van der Waals surface area contributed by atoms with Crippen LogP contribution < -0.4 is 5.32 Å². The van der Waals surface area contributed by atoms with Crippen LogP contribution in [0.2, 0.25) is 0 Å². The van der Waals surface area contributed by atoms with E-state index in [0.717, 1.165) is 12.0 Å². The lowest BCUT2D eigenvalue weighted by Gasteiger charge is -2.46. The lowest BCUT2D eigenvalue weighted by molar-refractivity contribution is 0.0377. The number of hydrogen-bond acceptors (Lipinski definition) is 2. The maximum Gasteiger partial charge on any atom is 0.0568 e. The molecule has 1 aliphatic carbocycles. The summed E-state index contributed by atoms with van der Waals surface area (Å²) in [4.78, 5) is 2.52. The van der Waals surface area contributed by atoms with Crippen molar-refractivity contribution >= 4 is 0 Å². The lowest BCUT2D eigenvalue weighted by atomic mass is 9.82. The van der Waals surface area contributed by atoms with Gasteiger partial charge in [0.1, 0.15) is 0 Å². The Kier molecular flexibility index (Phi) is 2.37. The molecule has 1 saturated heterocycles. The normalized spacial score (nSPS) is 44.0. The summed E-state index contributed by atoms with van der Waals surface area (Å²) in [6.45, 7) is 3.51. The minimum atomic E-state index is 0.587. The molecule has 2 fully saturated rings. The number of nitrogens with one attached hydrogen (secondary N) is 1. The molecule has 1 aliphatic heterocycles. The average molecular weight is 168 g/mol. The summed E-state index contributed by atoms with van der Waals surface area (Å²) in [5, 5.41) is 3.56. The van der Waals surface area contributed by atoms with Crippen LogP contribution in [0, 0.1) is 5.92 Å². The minimum Gasteiger partial charge on any atom is -0.302 e. The van der Waals surface area contributed by atoms with Gasteiger partial charge in [-0.05, 0) is 32.7 Å². The van der Waals surface area contributed by atoms with Crippen LogP contribution >= 0.6 is 0 Å². The fourth-order valence-electron chi connectivity index (χ4n) is 2.72. The number of nitrogens with zero attached hydrogens (tertiary/aromatic N) is 1. The van der Waals surface area contributed by atoms with E-state index >= 15 is 0 Å². The van der Waals surface area contributed by atoms with Gasteiger partial charge in [-0.15, -0.1) is 0 Å². The van der Waals surface area contributed by atoms with Crippen molar-refractivity contribution in [2.75, 3.05) is 13.6 Å².